The Bertz CT molecular complexity index is 1100. The van der Waals surface area contributed by atoms with Crippen molar-refractivity contribution in [3.63, 3.8) is 0 Å². The molecule has 1 saturated heterocycles. The molecule has 1 saturated carbocycles. The van der Waals surface area contributed by atoms with Crippen molar-refractivity contribution in [2.24, 2.45) is 0 Å². The molecule has 0 radical (unpaired) electrons. The van der Waals surface area contributed by atoms with E-state index in [-0.39, 0.29) is 5.91 Å². The molecule has 2 heterocycles. The van der Waals surface area contributed by atoms with Crippen LogP contribution in [-0.2, 0) is 4.79 Å². The number of anilines is 2. The van der Waals surface area contributed by atoms with E-state index in [1.54, 1.807) is 0 Å². The van der Waals surface area contributed by atoms with Crippen molar-refractivity contribution in [3.8, 4) is 12.1 Å². The number of hydrogen-bond donors (Lipinski definition) is 1. The maximum atomic E-state index is 13.1. The lowest BCUT2D eigenvalue weighted by atomic mass is 9.95. The van der Waals surface area contributed by atoms with Gasteiger partial charge in [0, 0.05) is 43.6 Å². The first-order chi connectivity index (χ1) is 16.5. The first-order valence-electron chi connectivity index (χ1n) is 12.4. The molecule has 4 rings (SSSR count). The summed E-state index contributed by atoms with van der Waals surface area (Å²) >= 11 is 0. The second-order valence-electron chi connectivity index (χ2n) is 9.53. The number of nitrogens with one attached hydrogen (secondary N) is 1. The maximum Gasteiger partial charge on any atom is 0.239 e. The zero-order chi connectivity index (χ0) is 24.1. The van der Waals surface area contributed by atoms with Crippen LogP contribution >= 0.6 is 0 Å². The van der Waals surface area contributed by atoms with Gasteiger partial charge in [-0.1, -0.05) is 19.3 Å². The van der Waals surface area contributed by atoms with Gasteiger partial charge >= 0.3 is 0 Å². The first kappa shape index (κ1) is 23.9. The van der Waals surface area contributed by atoms with Gasteiger partial charge in [0.2, 0.25) is 5.91 Å². The van der Waals surface area contributed by atoms with E-state index in [0.717, 1.165) is 62.4 Å². The Hall–Kier alpha value is -3.29. The van der Waals surface area contributed by atoms with E-state index in [1.807, 2.05) is 31.2 Å². The molecule has 7 heteroatoms. The molecule has 1 N–H and O–H groups in total. The summed E-state index contributed by atoms with van der Waals surface area (Å²) in [5.74, 6) is 0.626. The molecular weight excluding hydrogens is 424 g/mol. The molecule has 0 atom stereocenters. The summed E-state index contributed by atoms with van der Waals surface area (Å²) < 4.78 is 2.22. The Morgan fingerprint density at radius 1 is 0.971 bits per heavy atom. The minimum Gasteiger partial charge on any atom is -0.370 e. The summed E-state index contributed by atoms with van der Waals surface area (Å²) in [5.41, 5.74) is 4.43. The van der Waals surface area contributed by atoms with Crippen LogP contribution in [0.1, 0.15) is 67.0 Å². The van der Waals surface area contributed by atoms with Gasteiger partial charge < -0.3 is 14.8 Å². The standard InChI is InChI=1S/C27H34N6O/c1-20-21(2)33(24-7-4-3-5-8-24)27(25(20)18-29)30-26(34)19-31-13-6-14-32(16-15-31)23-11-9-22(17-28)10-12-23/h9-12,24H,3-8,13-16,19H2,1-2H3,(H,30,34). The Morgan fingerprint density at radius 2 is 1.71 bits per heavy atom. The van der Waals surface area contributed by atoms with Crippen LogP contribution in [0.3, 0.4) is 0 Å². The normalized spacial score (nSPS) is 17.6. The van der Waals surface area contributed by atoms with Crippen molar-refractivity contribution in [2.75, 3.05) is 42.9 Å². The molecule has 1 aromatic carbocycles. The molecule has 34 heavy (non-hydrogen) atoms. The van der Waals surface area contributed by atoms with Crippen LogP contribution in [0.25, 0.3) is 0 Å². The van der Waals surface area contributed by atoms with Gasteiger partial charge in [0.25, 0.3) is 0 Å². The molecule has 1 aliphatic carbocycles. The third-order valence-corrected chi connectivity index (χ3v) is 7.38. The number of aromatic nitrogens is 1. The number of hydrogen-bond acceptors (Lipinski definition) is 5. The highest BCUT2D eigenvalue weighted by Gasteiger charge is 2.26. The van der Waals surface area contributed by atoms with Crippen molar-refractivity contribution < 1.29 is 4.79 Å². The number of amides is 1. The van der Waals surface area contributed by atoms with E-state index in [0.29, 0.717) is 29.5 Å². The largest absolute Gasteiger partial charge is 0.370 e. The Balaban J connectivity index is 1.42. The van der Waals surface area contributed by atoms with Gasteiger partial charge in [0.05, 0.1) is 23.7 Å². The number of carbonyl (C=O) groups excluding carboxylic acids is 1. The summed E-state index contributed by atoms with van der Waals surface area (Å²) in [7, 11) is 0. The number of benzene rings is 1. The highest BCUT2D eigenvalue weighted by Crippen LogP contribution is 2.36. The summed E-state index contributed by atoms with van der Waals surface area (Å²) in [5, 5.41) is 22.0. The number of nitriles is 2. The van der Waals surface area contributed by atoms with Gasteiger partial charge in [-0.25, -0.2) is 0 Å². The van der Waals surface area contributed by atoms with Crippen molar-refractivity contribution in [2.45, 2.75) is 58.4 Å². The number of nitrogens with zero attached hydrogens (tertiary/aromatic N) is 5. The smallest absolute Gasteiger partial charge is 0.239 e. The lowest BCUT2D eigenvalue weighted by Crippen LogP contribution is -2.37. The van der Waals surface area contributed by atoms with Crippen LogP contribution < -0.4 is 10.2 Å². The molecule has 1 amide bonds. The summed E-state index contributed by atoms with van der Waals surface area (Å²) in [4.78, 5) is 17.6. The zero-order valence-corrected chi connectivity index (χ0v) is 20.3. The van der Waals surface area contributed by atoms with E-state index in [2.05, 4.69) is 38.7 Å². The molecule has 7 nitrogen and oxygen atoms in total. The van der Waals surface area contributed by atoms with E-state index in [1.165, 1.54) is 19.3 Å². The molecule has 2 aromatic rings. The molecule has 0 spiro atoms. The highest BCUT2D eigenvalue weighted by molar-refractivity contribution is 5.93. The summed E-state index contributed by atoms with van der Waals surface area (Å²) in [6, 6.07) is 12.5. The molecule has 2 fully saturated rings. The predicted octanol–water partition coefficient (Wildman–Crippen LogP) is 4.50. The molecular formula is C27H34N6O. The predicted molar refractivity (Wildman–Crippen MR) is 134 cm³/mol. The first-order valence-corrected chi connectivity index (χ1v) is 12.4. The molecule has 1 aliphatic heterocycles. The minimum absolute atomic E-state index is 0.0575. The molecule has 2 aliphatic rings. The monoisotopic (exact) mass is 458 g/mol. The summed E-state index contributed by atoms with van der Waals surface area (Å²) in [6.07, 6.45) is 6.81. The van der Waals surface area contributed by atoms with Gasteiger partial charge in [-0.2, -0.15) is 10.5 Å². The van der Waals surface area contributed by atoms with E-state index < -0.39 is 0 Å². The number of rotatable bonds is 5. The Labute approximate surface area is 202 Å². The zero-order valence-electron chi connectivity index (χ0n) is 20.3. The second kappa shape index (κ2) is 10.8. The van der Waals surface area contributed by atoms with E-state index >= 15 is 0 Å². The summed E-state index contributed by atoms with van der Waals surface area (Å²) in [6.45, 7) is 7.76. The Kier molecular flexibility index (Phi) is 7.55. The van der Waals surface area contributed by atoms with Crippen molar-refractivity contribution in [1.29, 1.82) is 10.5 Å². The van der Waals surface area contributed by atoms with Crippen LogP contribution in [0.5, 0.6) is 0 Å². The van der Waals surface area contributed by atoms with Gasteiger partial charge in [0.15, 0.2) is 0 Å². The number of carbonyl (C=O) groups is 1. The van der Waals surface area contributed by atoms with Gasteiger partial charge in [-0.15, -0.1) is 0 Å². The van der Waals surface area contributed by atoms with Crippen LogP contribution in [-0.4, -0.2) is 48.1 Å². The molecule has 178 valence electrons. The van der Waals surface area contributed by atoms with Crippen molar-refractivity contribution >= 4 is 17.4 Å². The second-order valence-corrected chi connectivity index (χ2v) is 9.53. The fraction of sp³-hybridized carbons (Fsp3) is 0.519. The molecule has 0 bridgehead atoms. The third-order valence-electron chi connectivity index (χ3n) is 7.38. The van der Waals surface area contributed by atoms with Gasteiger partial charge in [0.1, 0.15) is 11.9 Å². The maximum absolute atomic E-state index is 13.1. The van der Waals surface area contributed by atoms with Crippen molar-refractivity contribution in [3.05, 3.63) is 46.6 Å². The lowest BCUT2D eigenvalue weighted by molar-refractivity contribution is -0.117. The Morgan fingerprint density at radius 3 is 2.38 bits per heavy atom. The minimum atomic E-state index is -0.0575. The van der Waals surface area contributed by atoms with Crippen molar-refractivity contribution in [1.82, 2.24) is 9.47 Å². The van der Waals surface area contributed by atoms with Crippen LogP contribution in [0, 0.1) is 36.5 Å². The van der Waals surface area contributed by atoms with E-state index in [9.17, 15) is 10.1 Å². The average molecular weight is 459 g/mol. The molecule has 0 unspecified atom stereocenters. The van der Waals surface area contributed by atoms with Gasteiger partial charge in [-0.3, -0.25) is 9.69 Å². The third kappa shape index (κ3) is 5.11. The van der Waals surface area contributed by atoms with Crippen LogP contribution in [0.4, 0.5) is 11.5 Å². The lowest BCUT2D eigenvalue weighted by Gasteiger charge is -2.27. The SMILES string of the molecule is Cc1c(C#N)c(NC(=O)CN2CCCN(c3ccc(C#N)cc3)CC2)n(C2CCCCC2)c1C. The van der Waals surface area contributed by atoms with Gasteiger partial charge in [-0.05, 0) is 62.9 Å². The highest BCUT2D eigenvalue weighted by atomic mass is 16.2. The quantitative estimate of drug-likeness (QED) is 0.712. The van der Waals surface area contributed by atoms with E-state index in [4.69, 9.17) is 5.26 Å². The fourth-order valence-electron chi connectivity index (χ4n) is 5.39. The van der Waals surface area contributed by atoms with Crippen LogP contribution in [0.15, 0.2) is 24.3 Å². The van der Waals surface area contributed by atoms with Crippen LogP contribution in [0.2, 0.25) is 0 Å². The average Bonchev–Trinajstić information content (AvgIpc) is 2.99. The topological polar surface area (TPSA) is 88.1 Å². The molecule has 1 aromatic heterocycles. The fourth-order valence-corrected chi connectivity index (χ4v) is 5.39.